The summed E-state index contributed by atoms with van der Waals surface area (Å²) in [5.74, 6) is 1.26. The van der Waals surface area contributed by atoms with Gasteiger partial charge >= 0.3 is 6.09 Å². The van der Waals surface area contributed by atoms with Crippen molar-refractivity contribution in [2.24, 2.45) is 0 Å². The summed E-state index contributed by atoms with van der Waals surface area (Å²) in [5, 5.41) is 11.3. The summed E-state index contributed by atoms with van der Waals surface area (Å²) in [6, 6.07) is 13.0. The van der Waals surface area contributed by atoms with Crippen molar-refractivity contribution >= 4 is 33.7 Å². The molecular formula is C17H14N4O2S2. The quantitative estimate of drug-likeness (QED) is 0.579. The lowest BCUT2D eigenvalue weighted by atomic mass is 10.3. The van der Waals surface area contributed by atoms with Crippen LogP contribution in [-0.2, 0) is 6.42 Å². The molecule has 0 atom stereocenters. The Balaban J connectivity index is 1.37. The highest BCUT2D eigenvalue weighted by Gasteiger charge is 2.12. The fraction of sp³-hybridized carbons (Fsp3) is 0.118. The summed E-state index contributed by atoms with van der Waals surface area (Å²) >= 11 is 3.16. The molecule has 1 amide bonds. The number of thiophene rings is 1. The maximum Gasteiger partial charge on any atom is 0.412 e. The third kappa shape index (κ3) is 3.54. The summed E-state index contributed by atoms with van der Waals surface area (Å²) in [7, 11) is 0. The normalized spacial score (nSPS) is 10.9. The van der Waals surface area contributed by atoms with E-state index in [1.165, 1.54) is 0 Å². The number of carbonyl (C=O) groups is 1. The maximum absolute atomic E-state index is 11.8. The zero-order valence-corrected chi connectivity index (χ0v) is 14.7. The second-order valence-corrected chi connectivity index (χ2v) is 7.00. The molecule has 3 heterocycles. The highest BCUT2D eigenvalue weighted by atomic mass is 32.1. The van der Waals surface area contributed by atoms with Crippen LogP contribution in [0, 0.1) is 0 Å². The van der Waals surface area contributed by atoms with Gasteiger partial charge in [0.05, 0.1) is 10.6 Å². The molecule has 0 saturated carbocycles. The van der Waals surface area contributed by atoms with E-state index < -0.39 is 6.09 Å². The molecule has 4 aromatic rings. The highest BCUT2D eigenvalue weighted by Crippen LogP contribution is 2.24. The Morgan fingerprint density at radius 3 is 2.84 bits per heavy atom. The largest absolute Gasteiger partial charge is 0.412 e. The summed E-state index contributed by atoms with van der Waals surface area (Å²) in [6.45, 7) is 0.464. The van der Waals surface area contributed by atoms with Gasteiger partial charge < -0.3 is 10.1 Å². The molecule has 1 aromatic carbocycles. The van der Waals surface area contributed by atoms with Gasteiger partial charge in [-0.2, -0.15) is 4.98 Å². The third-order valence-electron chi connectivity index (χ3n) is 3.50. The number of carbonyl (C=O) groups excluding carboxylic acids is 1. The maximum atomic E-state index is 11.8. The molecule has 0 spiro atoms. The number of ether oxygens (including phenoxy) is 1. The first-order valence-corrected chi connectivity index (χ1v) is 9.43. The monoisotopic (exact) mass is 370 g/mol. The molecule has 3 aromatic heterocycles. The number of amides is 1. The molecule has 0 saturated heterocycles. The number of aromatic nitrogens is 3. The number of nitrogens with zero attached hydrogens (tertiary/aromatic N) is 3. The van der Waals surface area contributed by atoms with Gasteiger partial charge in [-0.25, -0.2) is 9.31 Å². The van der Waals surface area contributed by atoms with Crippen molar-refractivity contribution in [3.63, 3.8) is 0 Å². The van der Waals surface area contributed by atoms with Crippen LogP contribution in [0.15, 0.2) is 53.2 Å². The van der Waals surface area contributed by atoms with Crippen LogP contribution >= 0.6 is 22.7 Å². The molecule has 0 aliphatic rings. The fourth-order valence-electron chi connectivity index (χ4n) is 2.33. The minimum absolute atomic E-state index is 0.462. The van der Waals surface area contributed by atoms with Crippen molar-refractivity contribution in [1.82, 2.24) is 19.9 Å². The second-order valence-electron chi connectivity index (χ2n) is 5.21. The average Bonchev–Trinajstić information content (AvgIpc) is 3.33. The second kappa shape index (κ2) is 7.04. The predicted molar refractivity (Wildman–Crippen MR) is 98.3 cm³/mol. The molecule has 0 bridgehead atoms. The van der Waals surface area contributed by atoms with Crippen LogP contribution in [0.4, 0.5) is 4.79 Å². The van der Waals surface area contributed by atoms with E-state index in [2.05, 4.69) is 15.4 Å². The molecule has 0 unspecified atom stereocenters. The number of fused-ring (bicyclic) bond motifs is 1. The average molecular weight is 370 g/mol. The van der Waals surface area contributed by atoms with Gasteiger partial charge in [-0.3, -0.25) is 0 Å². The standard InChI is InChI=1S/C17H14N4O2S2/c22-17(23-13-5-2-1-3-6-13)18-9-8-12-11-25-16-19-15(20-21(12)16)14-7-4-10-24-14/h1-7,10-11H,8-9H2,(H,18,22). The van der Waals surface area contributed by atoms with E-state index in [0.717, 1.165) is 21.4 Å². The fourth-order valence-corrected chi connectivity index (χ4v) is 3.84. The van der Waals surface area contributed by atoms with Gasteiger partial charge in [-0.05, 0) is 23.6 Å². The van der Waals surface area contributed by atoms with Gasteiger partial charge in [0.1, 0.15) is 5.75 Å². The lowest BCUT2D eigenvalue weighted by Gasteiger charge is -2.05. The Morgan fingerprint density at radius 2 is 2.04 bits per heavy atom. The Kier molecular flexibility index (Phi) is 4.45. The number of rotatable bonds is 5. The van der Waals surface area contributed by atoms with Crippen molar-refractivity contribution in [2.75, 3.05) is 6.54 Å². The molecule has 8 heteroatoms. The first-order chi connectivity index (χ1) is 12.3. The first kappa shape index (κ1) is 15.8. The first-order valence-electron chi connectivity index (χ1n) is 7.67. The van der Waals surface area contributed by atoms with E-state index in [1.807, 2.05) is 45.6 Å². The molecule has 6 nitrogen and oxygen atoms in total. The van der Waals surface area contributed by atoms with Gasteiger partial charge in [0.2, 0.25) is 4.96 Å². The van der Waals surface area contributed by atoms with Crippen LogP contribution in [0.25, 0.3) is 15.7 Å². The van der Waals surface area contributed by atoms with E-state index >= 15 is 0 Å². The molecule has 0 aliphatic carbocycles. The highest BCUT2D eigenvalue weighted by molar-refractivity contribution is 7.15. The van der Waals surface area contributed by atoms with Crippen LogP contribution in [0.3, 0.4) is 0 Å². The molecule has 4 rings (SSSR count). The van der Waals surface area contributed by atoms with Crippen LogP contribution in [-0.4, -0.2) is 27.2 Å². The van der Waals surface area contributed by atoms with Crippen molar-refractivity contribution in [3.05, 3.63) is 58.9 Å². The van der Waals surface area contributed by atoms with E-state index in [0.29, 0.717) is 18.7 Å². The van der Waals surface area contributed by atoms with Gasteiger partial charge in [0.15, 0.2) is 5.82 Å². The minimum atomic E-state index is -0.462. The van der Waals surface area contributed by atoms with Gasteiger partial charge in [-0.1, -0.05) is 24.3 Å². The van der Waals surface area contributed by atoms with Crippen molar-refractivity contribution in [1.29, 1.82) is 0 Å². The van der Waals surface area contributed by atoms with Crippen LogP contribution < -0.4 is 10.1 Å². The van der Waals surface area contributed by atoms with Crippen LogP contribution in [0.2, 0.25) is 0 Å². The summed E-state index contributed by atoms with van der Waals surface area (Å²) in [5.41, 5.74) is 1.01. The van der Waals surface area contributed by atoms with Crippen molar-refractivity contribution < 1.29 is 9.53 Å². The Morgan fingerprint density at radius 1 is 1.16 bits per heavy atom. The lowest BCUT2D eigenvalue weighted by Crippen LogP contribution is -2.29. The van der Waals surface area contributed by atoms with Crippen molar-refractivity contribution in [2.45, 2.75) is 6.42 Å². The van der Waals surface area contributed by atoms with Crippen molar-refractivity contribution in [3.8, 4) is 16.5 Å². The number of hydrogen-bond acceptors (Lipinski definition) is 6. The zero-order chi connectivity index (χ0) is 17.1. The van der Waals surface area contributed by atoms with Crippen LogP contribution in [0.1, 0.15) is 5.69 Å². The number of nitrogens with one attached hydrogen (secondary N) is 1. The topological polar surface area (TPSA) is 68.5 Å². The third-order valence-corrected chi connectivity index (χ3v) is 5.23. The van der Waals surface area contributed by atoms with E-state index in [9.17, 15) is 4.79 Å². The zero-order valence-electron chi connectivity index (χ0n) is 13.1. The smallest absolute Gasteiger partial charge is 0.410 e. The molecule has 0 fully saturated rings. The van der Waals surface area contributed by atoms with E-state index in [-0.39, 0.29) is 0 Å². The molecule has 0 aliphatic heterocycles. The molecule has 25 heavy (non-hydrogen) atoms. The Labute approximate surface area is 151 Å². The molecule has 126 valence electrons. The SMILES string of the molecule is O=C(NCCc1csc2nc(-c3cccs3)nn12)Oc1ccccc1. The number of thiazole rings is 1. The van der Waals surface area contributed by atoms with Crippen LogP contribution in [0.5, 0.6) is 5.75 Å². The van der Waals surface area contributed by atoms with Gasteiger partial charge in [0, 0.05) is 18.3 Å². The van der Waals surface area contributed by atoms with E-state index in [1.54, 1.807) is 34.8 Å². The summed E-state index contributed by atoms with van der Waals surface area (Å²) < 4.78 is 7.03. The Bertz CT molecular complexity index is 977. The van der Waals surface area contributed by atoms with E-state index in [4.69, 9.17) is 4.74 Å². The minimum Gasteiger partial charge on any atom is -0.410 e. The predicted octanol–water partition coefficient (Wildman–Crippen LogP) is 3.85. The lowest BCUT2D eigenvalue weighted by molar-refractivity contribution is 0.200. The summed E-state index contributed by atoms with van der Waals surface area (Å²) in [4.78, 5) is 18.2. The number of para-hydroxylation sites is 1. The molecule has 0 radical (unpaired) electrons. The van der Waals surface area contributed by atoms with Gasteiger partial charge in [-0.15, -0.1) is 27.8 Å². The number of benzene rings is 1. The molecular weight excluding hydrogens is 356 g/mol. The van der Waals surface area contributed by atoms with Gasteiger partial charge in [0.25, 0.3) is 0 Å². The Hall–Kier alpha value is -2.71. The molecule has 1 N–H and O–H groups in total. The summed E-state index contributed by atoms with van der Waals surface area (Å²) in [6.07, 6.45) is 0.187. The number of hydrogen-bond donors (Lipinski definition) is 1.